The SMILES string of the molecule is CC=CN(CC(C)=S)OC. The zero-order valence-corrected chi connectivity index (χ0v) is 7.44. The summed E-state index contributed by atoms with van der Waals surface area (Å²) in [5.41, 5.74) is 0. The molecule has 2 nitrogen and oxygen atoms in total. The molecule has 0 N–H and O–H groups in total. The molecular weight excluding hydrogens is 146 g/mol. The minimum absolute atomic E-state index is 0.677. The van der Waals surface area contributed by atoms with E-state index < -0.39 is 0 Å². The van der Waals surface area contributed by atoms with Gasteiger partial charge in [-0.2, -0.15) is 0 Å². The molecule has 0 rings (SSSR count). The lowest BCUT2D eigenvalue weighted by atomic mass is 10.5. The van der Waals surface area contributed by atoms with Gasteiger partial charge in [-0.05, 0) is 13.8 Å². The maximum Gasteiger partial charge on any atom is 0.0758 e. The summed E-state index contributed by atoms with van der Waals surface area (Å²) in [7, 11) is 1.62. The first kappa shape index (κ1) is 9.59. The van der Waals surface area contributed by atoms with Gasteiger partial charge < -0.3 is 0 Å². The van der Waals surface area contributed by atoms with E-state index in [1.165, 1.54) is 0 Å². The molecule has 0 fully saturated rings. The van der Waals surface area contributed by atoms with Crippen molar-refractivity contribution >= 4 is 17.1 Å². The van der Waals surface area contributed by atoms with Crippen molar-refractivity contribution in [1.82, 2.24) is 5.06 Å². The van der Waals surface area contributed by atoms with E-state index in [-0.39, 0.29) is 0 Å². The average Bonchev–Trinajstić information content (AvgIpc) is 1.86. The number of allylic oxidation sites excluding steroid dienone is 1. The Morgan fingerprint density at radius 3 is 2.60 bits per heavy atom. The van der Waals surface area contributed by atoms with E-state index in [0.717, 1.165) is 4.86 Å². The molecule has 0 amide bonds. The summed E-state index contributed by atoms with van der Waals surface area (Å²) in [5, 5.41) is 1.68. The van der Waals surface area contributed by atoms with Crippen molar-refractivity contribution in [2.75, 3.05) is 13.7 Å². The summed E-state index contributed by atoms with van der Waals surface area (Å²) in [6, 6.07) is 0. The molecule has 0 aromatic heterocycles. The van der Waals surface area contributed by atoms with E-state index in [0.29, 0.717) is 6.54 Å². The second-order valence-corrected chi connectivity index (χ2v) is 2.64. The van der Waals surface area contributed by atoms with E-state index in [4.69, 9.17) is 17.1 Å². The Bertz CT molecular complexity index is 134. The lowest BCUT2D eigenvalue weighted by Gasteiger charge is -2.15. The van der Waals surface area contributed by atoms with Gasteiger partial charge >= 0.3 is 0 Å². The van der Waals surface area contributed by atoms with E-state index in [1.54, 1.807) is 12.2 Å². The fourth-order valence-electron chi connectivity index (χ4n) is 0.564. The first-order valence-electron chi connectivity index (χ1n) is 3.13. The Morgan fingerprint density at radius 1 is 1.70 bits per heavy atom. The zero-order valence-electron chi connectivity index (χ0n) is 6.63. The molecule has 0 heterocycles. The molecule has 0 atom stereocenters. The highest BCUT2D eigenvalue weighted by atomic mass is 32.1. The van der Waals surface area contributed by atoms with Crippen LogP contribution in [0.1, 0.15) is 13.8 Å². The number of thiocarbonyl (C=S) groups is 1. The van der Waals surface area contributed by atoms with Gasteiger partial charge in [0.2, 0.25) is 0 Å². The van der Waals surface area contributed by atoms with Gasteiger partial charge in [-0.25, -0.2) is 0 Å². The van der Waals surface area contributed by atoms with Crippen LogP contribution in [-0.4, -0.2) is 23.6 Å². The summed E-state index contributed by atoms with van der Waals surface area (Å²) in [5.74, 6) is 0. The Balaban J connectivity index is 3.71. The molecule has 0 bridgehead atoms. The van der Waals surface area contributed by atoms with Crippen LogP contribution in [0, 0.1) is 0 Å². The summed E-state index contributed by atoms with van der Waals surface area (Å²) < 4.78 is 0. The van der Waals surface area contributed by atoms with E-state index in [9.17, 15) is 0 Å². The van der Waals surface area contributed by atoms with Crippen molar-refractivity contribution in [3.8, 4) is 0 Å². The molecule has 0 saturated heterocycles. The quantitative estimate of drug-likeness (QED) is 0.458. The molecule has 3 heteroatoms. The largest absolute Gasteiger partial charge is 0.277 e. The first-order chi connectivity index (χ1) is 4.70. The molecule has 0 radical (unpaired) electrons. The van der Waals surface area contributed by atoms with Crippen molar-refractivity contribution in [2.45, 2.75) is 13.8 Å². The number of rotatable bonds is 4. The summed E-state index contributed by atoms with van der Waals surface area (Å²) >= 11 is 4.90. The zero-order chi connectivity index (χ0) is 7.98. The van der Waals surface area contributed by atoms with Gasteiger partial charge in [0, 0.05) is 11.1 Å². The van der Waals surface area contributed by atoms with Crippen LogP contribution in [-0.2, 0) is 4.84 Å². The molecule has 0 aromatic carbocycles. The average molecular weight is 159 g/mol. The van der Waals surface area contributed by atoms with Crippen molar-refractivity contribution in [2.24, 2.45) is 0 Å². The van der Waals surface area contributed by atoms with Crippen LogP contribution < -0.4 is 0 Å². The lowest BCUT2D eigenvalue weighted by molar-refractivity contribution is -0.0744. The second kappa shape index (κ2) is 5.38. The van der Waals surface area contributed by atoms with Crippen LogP contribution in [0.25, 0.3) is 0 Å². The summed E-state index contributed by atoms with van der Waals surface area (Å²) in [4.78, 5) is 5.88. The third-order valence-electron chi connectivity index (χ3n) is 0.928. The van der Waals surface area contributed by atoms with E-state index >= 15 is 0 Å². The first-order valence-corrected chi connectivity index (χ1v) is 3.54. The van der Waals surface area contributed by atoms with Crippen molar-refractivity contribution < 1.29 is 4.84 Å². The third kappa shape index (κ3) is 4.47. The maximum absolute atomic E-state index is 4.96. The minimum Gasteiger partial charge on any atom is -0.277 e. The normalized spacial score (nSPS) is 10.3. The predicted octanol–water partition coefficient (Wildman–Crippen LogP) is 1.77. The maximum atomic E-state index is 4.96. The molecule has 0 spiro atoms. The van der Waals surface area contributed by atoms with Crippen molar-refractivity contribution in [1.29, 1.82) is 0 Å². The number of hydrogen-bond acceptors (Lipinski definition) is 3. The van der Waals surface area contributed by atoms with Gasteiger partial charge in [-0.1, -0.05) is 18.3 Å². The highest BCUT2D eigenvalue weighted by Gasteiger charge is 1.95. The van der Waals surface area contributed by atoms with Crippen LogP contribution in [0.15, 0.2) is 12.3 Å². The summed E-state index contributed by atoms with van der Waals surface area (Å²) in [6.45, 7) is 4.51. The standard InChI is InChI=1S/C7H13NOS/c1-4-5-8(9-3)6-7(2)10/h4-5H,6H2,1-3H3. The molecule has 0 aliphatic carbocycles. The molecule has 0 aliphatic rings. The van der Waals surface area contributed by atoms with Crippen molar-refractivity contribution in [3.05, 3.63) is 12.3 Å². The van der Waals surface area contributed by atoms with Gasteiger partial charge in [0.25, 0.3) is 0 Å². The topological polar surface area (TPSA) is 12.5 Å². The van der Waals surface area contributed by atoms with Gasteiger partial charge in [-0.15, -0.1) is 0 Å². The van der Waals surface area contributed by atoms with Crippen LogP contribution in [0.5, 0.6) is 0 Å². The van der Waals surface area contributed by atoms with Gasteiger partial charge in [0.05, 0.1) is 13.7 Å². The third-order valence-corrected chi connectivity index (χ3v) is 1.06. The van der Waals surface area contributed by atoms with Crippen LogP contribution in [0.3, 0.4) is 0 Å². The Labute approximate surface area is 67.4 Å². The summed E-state index contributed by atoms with van der Waals surface area (Å²) in [6.07, 6.45) is 3.75. The van der Waals surface area contributed by atoms with Gasteiger partial charge in [0.15, 0.2) is 0 Å². The molecule has 0 aromatic rings. The molecule has 58 valence electrons. The molecule has 0 unspecified atom stereocenters. The van der Waals surface area contributed by atoms with Crippen LogP contribution in [0.4, 0.5) is 0 Å². The molecule has 10 heavy (non-hydrogen) atoms. The number of nitrogens with zero attached hydrogens (tertiary/aromatic N) is 1. The fraction of sp³-hybridized carbons (Fsp3) is 0.571. The molecule has 0 aliphatic heterocycles. The monoisotopic (exact) mass is 159 g/mol. The highest BCUT2D eigenvalue weighted by Crippen LogP contribution is 1.90. The second-order valence-electron chi connectivity index (χ2n) is 1.94. The number of hydrogen-bond donors (Lipinski definition) is 0. The molecule has 0 saturated carbocycles. The van der Waals surface area contributed by atoms with E-state index in [2.05, 4.69) is 0 Å². The minimum atomic E-state index is 0.677. The Kier molecular flexibility index (Phi) is 5.16. The predicted molar refractivity (Wildman–Crippen MR) is 46.8 cm³/mol. The lowest BCUT2D eigenvalue weighted by Crippen LogP contribution is -2.20. The van der Waals surface area contributed by atoms with E-state index in [1.807, 2.05) is 26.1 Å². The number of hydroxylamine groups is 2. The highest BCUT2D eigenvalue weighted by molar-refractivity contribution is 7.80. The van der Waals surface area contributed by atoms with Crippen LogP contribution in [0.2, 0.25) is 0 Å². The fourth-order valence-corrected chi connectivity index (χ4v) is 0.691. The van der Waals surface area contributed by atoms with Crippen molar-refractivity contribution in [3.63, 3.8) is 0 Å². The Hall–Kier alpha value is -0.410. The van der Waals surface area contributed by atoms with Gasteiger partial charge in [-0.3, -0.25) is 9.90 Å². The Morgan fingerprint density at radius 2 is 2.30 bits per heavy atom. The van der Waals surface area contributed by atoms with Gasteiger partial charge in [0.1, 0.15) is 0 Å². The smallest absolute Gasteiger partial charge is 0.0758 e. The molecular formula is C7H13NOS. The van der Waals surface area contributed by atoms with Crippen LogP contribution >= 0.6 is 12.2 Å².